The van der Waals surface area contributed by atoms with Gasteiger partial charge in [-0.2, -0.15) is 0 Å². The van der Waals surface area contributed by atoms with Gasteiger partial charge in [0.15, 0.2) is 5.82 Å². The maximum Gasteiger partial charge on any atom is 0.168 e. The largest absolute Gasteiger partial charge is 0.311 e. The molecule has 90 valence electrons. The summed E-state index contributed by atoms with van der Waals surface area (Å²) in [6.07, 6.45) is 5.34. The quantitative estimate of drug-likeness (QED) is 0.844. The van der Waals surface area contributed by atoms with Gasteiger partial charge in [0.2, 0.25) is 0 Å². The normalized spacial score (nSPS) is 21.2. The van der Waals surface area contributed by atoms with E-state index in [1.54, 1.807) is 0 Å². The number of aromatic nitrogens is 4. The lowest BCUT2D eigenvalue weighted by Gasteiger charge is -2.21. The van der Waals surface area contributed by atoms with E-state index in [1.807, 2.05) is 11.7 Å². The molecule has 0 spiro atoms. The van der Waals surface area contributed by atoms with Crippen LogP contribution in [-0.4, -0.2) is 27.3 Å². The molecule has 0 saturated heterocycles. The van der Waals surface area contributed by atoms with Crippen LogP contribution in [0.5, 0.6) is 0 Å². The van der Waals surface area contributed by atoms with E-state index in [1.165, 1.54) is 25.7 Å². The molecule has 0 aliphatic heterocycles. The van der Waals surface area contributed by atoms with E-state index in [-0.39, 0.29) is 6.04 Å². The molecule has 1 aromatic rings. The van der Waals surface area contributed by atoms with Gasteiger partial charge in [0, 0.05) is 0 Å². The van der Waals surface area contributed by atoms with Crippen LogP contribution in [0.3, 0.4) is 0 Å². The minimum Gasteiger partial charge on any atom is -0.311 e. The fourth-order valence-electron chi connectivity index (χ4n) is 2.54. The predicted octanol–water partition coefficient (Wildman–Crippen LogP) is 1.70. The van der Waals surface area contributed by atoms with Gasteiger partial charge in [0.25, 0.3) is 0 Å². The molecule has 16 heavy (non-hydrogen) atoms. The third kappa shape index (κ3) is 2.09. The average Bonchev–Trinajstić information content (AvgIpc) is 2.97. The zero-order valence-corrected chi connectivity index (χ0v) is 10.3. The lowest BCUT2D eigenvalue weighted by atomic mass is 10.00. The van der Waals surface area contributed by atoms with Crippen LogP contribution in [0, 0.1) is 5.92 Å². The van der Waals surface area contributed by atoms with E-state index in [0.717, 1.165) is 11.7 Å². The molecule has 1 aliphatic carbocycles. The summed E-state index contributed by atoms with van der Waals surface area (Å²) in [6, 6.07) is 0.627. The molecule has 0 radical (unpaired) electrons. The number of hydrogen-bond acceptors (Lipinski definition) is 4. The summed E-state index contributed by atoms with van der Waals surface area (Å²) in [5, 5.41) is 15.3. The van der Waals surface area contributed by atoms with E-state index in [2.05, 4.69) is 34.7 Å². The molecule has 2 atom stereocenters. The van der Waals surface area contributed by atoms with Crippen LogP contribution in [-0.2, 0) is 0 Å². The molecule has 2 rings (SSSR count). The summed E-state index contributed by atoms with van der Waals surface area (Å²) in [5.41, 5.74) is 0. The van der Waals surface area contributed by atoms with Gasteiger partial charge in [0.1, 0.15) is 0 Å². The van der Waals surface area contributed by atoms with E-state index >= 15 is 0 Å². The van der Waals surface area contributed by atoms with Crippen molar-refractivity contribution < 1.29 is 0 Å². The first kappa shape index (κ1) is 11.5. The van der Waals surface area contributed by atoms with Crippen molar-refractivity contribution in [2.75, 3.05) is 7.05 Å². The van der Waals surface area contributed by atoms with E-state index in [0.29, 0.717) is 6.04 Å². The minimum atomic E-state index is 0.207. The van der Waals surface area contributed by atoms with Crippen molar-refractivity contribution in [1.82, 2.24) is 25.5 Å². The first-order valence-electron chi connectivity index (χ1n) is 6.19. The first-order chi connectivity index (χ1) is 7.74. The number of rotatable bonds is 4. The first-order valence-corrected chi connectivity index (χ1v) is 6.19. The van der Waals surface area contributed by atoms with Crippen molar-refractivity contribution in [2.24, 2.45) is 5.92 Å². The standard InChI is InChI=1S/C11H21N5/c1-8(12-3)11-13-14-15-16(11)9(2)10-6-4-5-7-10/h8-10,12H,4-7H2,1-3H3. The van der Waals surface area contributed by atoms with Crippen LogP contribution in [0.4, 0.5) is 0 Å². The molecule has 5 nitrogen and oxygen atoms in total. The second kappa shape index (κ2) is 4.91. The second-order valence-electron chi connectivity index (χ2n) is 4.78. The summed E-state index contributed by atoms with van der Waals surface area (Å²) < 4.78 is 2.00. The molecule has 2 unspecified atom stereocenters. The molecule has 1 fully saturated rings. The predicted molar refractivity (Wildman–Crippen MR) is 62.0 cm³/mol. The number of nitrogens with zero attached hydrogens (tertiary/aromatic N) is 4. The maximum absolute atomic E-state index is 4.15. The average molecular weight is 223 g/mol. The monoisotopic (exact) mass is 223 g/mol. The highest BCUT2D eigenvalue weighted by molar-refractivity contribution is 4.92. The van der Waals surface area contributed by atoms with Gasteiger partial charge in [-0.3, -0.25) is 0 Å². The fraction of sp³-hybridized carbons (Fsp3) is 0.909. The van der Waals surface area contributed by atoms with Gasteiger partial charge in [-0.1, -0.05) is 12.8 Å². The van der Waals surface area contributed by atoms with Crippen LogP contribution < -0.4 is 5.32 Å². The van der Waals surface area contributed by atoms with Crippen molar-refractivity contribution in [3.63, 3.8) is 0 Å². The molecular formula is C11H21N5. The Labute approximate surface area is 96.6 Å². The van der Waals surface area contributed by atoms with Gasteiger partial charge < -0.3 is 5.32 Å². The molecule has 1 aromatic heterocycles. The van der Waals surface area contributed by atoms with Gasteiger partial charge in [-0.05, 0) is 50.1 Å². The van der Waals surface area contributed by atoms with E-state index in [9.17, 15) is 0 Å². The van der Waals surface area contributed by atoms with Crippen LogP contribution in [0.25, 0.3) is 0 Å². The third-order valence-corrected chi connectivity index (χ3v) is 3.81. The third-order valence-electron chi connectivity index (χ3n) is 3.81. The van der Waals surface area contributed by atoms with E-state index < -0.39 is 0 Å². The lowest BCUT2D eigenvalue weighted by molar-refractivity contribution is 0.314. The van der Waals surface area contributed by atoms with Crippen molar-refractivity contribution in [3.8, 4) is 0 Å². The van der Waals surface area contributed by atoms with Crippen molar-refractivity contribution >= 4 is 0 Å². The second-order valence-corrected chi connectivity index (χ2v) is 4.78. The Bertz CT molecular complexity index is 329. The van der Waals surface area contributed by atoms with Gasteiger partial charge >= 0.3 is 0 Å². The van der Waals surface area contributed by atoms with Crippen molar-refractivity contribution in [1.29, 1.82) is 0 Å². The molecule has 0 amide bonds. The maximum atomic E-state index is 4.15. The lowest BCUT2D eigenvalue weighted by Crippen LogP contribution is -2.23. The molecule has 1 aliphatic rings. The molecule has 1 saturated carbocycles. The summed E-state index contributed by atoms with van der Waals surface area (Å²) in [4.78, 5) is 0. The summed E-state index contributed by atoms with van der Waals surface area (Å²) >= 11 is 0. The Balaban J connectivity index is 2.15. The molecule has 1 N–H and O–H groups in total. The van der Waals surface area contributed by atoms with Crippen molar-refractivity contribution in [2.45, 2.75) is 51.6 Å². The summed E-state index contributed by atoms with van der Waals surface area (Å²) in [6.45, 7) is 4.32. The highest BCUT2D eigenvalue weighted by Gasteiger charge is 2.26. The Kier molecular flexibility index (Phi) is 3.53. The molecule has 5 heteroatoms. The van der Waals surface area contributed by atoms with Crippen molar-refractivity contribution in [3.05, 3.63) is 5.82 Å². The zero-order valence-electron chi connectivity index (χ0n) is 10.3. The zero-order chi connectivity index (χ0) is 11.5. The van der Waals surface area contributed by atoms with Crippen LogP contribution in [0.1, 0.15) is 57.4 Å². The van der Waals surface area contributed by atoms with Gasteiger partial charge in [-0.15, -0.1) is 5.10 Å². The van der Waals surface area contributed by atoms with E-state index in [4.69, 9.17) is 0 Å². The highest BCUT2D eigenvalue weighted by Crippen LogP contribution is 2.34. The number of nitrogens with one attached hydrogen (secondary N) is 1. The smallest absolute Gasteiger partial charge is 0.168 e. The number of tetrazole rings is 1. The van der Waals surface area contributed by atoms with Gasteiger partial charge in [0.05, 0.1) is 12.1 Å². The number of hydrogen-bond donors (Lipinski definition) is 1. The topological polar surface area (TPSA) is 55.6 Å². The molecule has 0 bridgehead atoms. The Hall–Kier alpha value is -0.970. The van der Waals surface area contributed by atoms with Crippen LogP contribution >= 0.6 is 0 Å². The fourth-order valence-corrected chi connectivity index (χ4v) is 2.54. The molecular weight excluding hydrogens is 202 g/mol. The minimum absolute atomic E-state index is 0.207. The van der Waals surface area contributed by atoms with Gasteiger partial charge in [-0.25, -0.2) is 4.68 Å². The SMILES string of the molecule is CNC(C)c1nnnn1C(C)C1CCCC1. The molecule has 0 aromatic carbocycles. The Morgan fingerprint density at radius 1 is 1.31 bits per heavy atom. The summed E-state index contributed by atoms with van der Waals surface area (Å²) in [7, 11) is 1.93. The van der Waals surface area contributed by atoms with Crippen LogP contribution in [0.15, 0.2) is 0 Å². The summed E-state index contributed by atoms with van der Waals surface area (Å²) in [5.74, 6) is 1.69. The highest BCUT2D eigenvalue weighted by atomic mass is 15.6. The Morgan fingerprint density at radius 3 is 2.62 bits per heavy atom. The molecule has 1 heterocycles. The Morgan fingerprint density at radius 2 is 2.00 bits per heavy atom. The van der Waals surface area contributed by atoms with Crippen LogP contribution in [0.2, 0.25) is 0 Å².